The lowest BCUT2D eigenvalue weighted by Crippen LogP contribution is -2.04. The van der Waals surface area contributed by atoms with Crippen molar-refractivity contribution in [1.82, 2.24) is 4.98 Å². The molecule has 0 atom stereocenters. The number of pyridine rings is 1. The average Bonchev–Trinajstić information content (AvgIpc) is 2.36. The Balaban J connectivity index is 2.23. The first-order valence-corrected chi connectivity index (χ1v) is 6.19. The van der Waals surface area contributed by atoms with E-state index in [4.69, 9.17) is 10.5 Å². The van der Waals surface area contributed by atoms with E-state index in [1.807, 2.05) is 13.0 Å². The zero-order chi connectivity index (χ0) is 13.8. The second-order valence-electron chi connectivity index (χ2n) is 4.52. The van der Waals surface area contributed by atoms with Crippen LogP contribution in [0.25, 0.3) is 0 Å². The molecule has 0 radical (unpaired) electrons. The van der Waals surface area contributed by atoms with Gasteiger partial charge in [-0.15, -0.1) is 0 Å². The summed E-state index contributed by atoms with van der Waals surface area (Å²) >= 11 is 0. The molecule has 0 amide bonds. The predicted molar refractivity (Wildman–Crippen MR) is 72.9 cm³/mol. The summed E-state index contributed by atoms with van der Waals surface area (Å²) in [6.45, 7) is 4.33. The van der Waals surface area contributed by atoms with Crippen molar-refractivity contribution in [1.29, 1.82) is 0 Å². The lowest BCUT2D eigenvalue weighted by atomic mass is 10.1. The Bertz CT molecular complexity index is 584. The number of nitrogens with two attached hydrogens (primary N) is 1. The van der Waals surface area contributed by atoms with Crippen LogP contribution in [0.4, 0.5) is 4.39 Å². The highest BCUT2D eigenvalue weighted by Gasteiger charge is 2.07. The topological polar surface area (TPSA) is 48.1 Å². The Morgan fingerprint density at radius 3 is 2.63 bits per heavy atom. The second kappa shape index (κ2) is 5.80. The molecule has 3 nitrogen and oxygen atoms in total. The quantitative estimate of drug-likeness (QED) is 0.918. The molecule has 0 saturated heterocycles. The standard InChI is InChI=1S/C15H17FN2O/c1-10-8-13(16)3-4-14(10)19-15-11(2)7-12(5-6-17)9-18-15/h3-4,7-9H,5-6,17H2,1-2H3. The summed E-state index contributed by atoms with van der Waals surface area (Å²) in [5.74, 6) is 0.881. The molecular formula is C15H17FN2O. The zero-order valence-corrected chi connectivity index (χ0v) is 11.1. The van der Waals surface area contributed by atoms with Crippen molar-refractivity contribution < 1.29 is 9.13 Å². The van der Waals surface area contributed by atoms with Crippen LogP contribution in [0.15, 0.2) is 30.5 Å². The number of halogens is 1. The van der Waals surface area contributed by atoms with Crippen LogP contribution in [0.5, 0.6) is 11.6 Å². The van der Waals surface area contributed by atoms with E-state index in [0.717, 1.165) is 23.1 Å². The highest BCUT2D eigenvalue weighted by atomic mass is 19.1. The number of benzene rings is 1. The smallest absolute Gasteiger partial charge is 0.222 e. The minimum absolute atomic E-state index is 0.271. The van der Waals surface area contributed by atoms with Crippen LogP contribution in [0, 0.1) is 19.7 Å². The number of aromatic nitrogens is 1. The summed E-state index contributed by atoms with van der Waals surface area (Å²) in [6.07, 6.45) is 2.55. The summed E-state index contributed by atoms with van der Waals surface area (Å²) in [7, 11) is 0. The van der Waals surface area contributed by atoms with Gasteiger partial charge in [-0.1, -0.05) is 0 Å². The van der Waals surface area contributed by atoms with Crippen molar-refractivity contribution >= 4 is 0 Å². The first kappa shape index (κ1) is 13.5. The van der Waals surface area contributed by atoms with E-state index in [2.05, 4.69) is 4.98 Å². The Morgan fingerprint density at radius 1 is 1.21 bits per heavy atom. The molecule has 0 spiro atoms. The largest absolute Gasteiger partial charge is 0.438 e. The number of hydrogen-bond acceptors (Lipinski definition) is 3. The van der Waals surface area contributed by atoms with Gasteiger partial charge in [-0.25, -0.2) is 9.37 Å². The molecule has 0 saturated carbocycles. The molecule has 2 aromatic rings. The van der Waals surface area contributed by atoms with Crippen molar-refractivity contribution in [2.75, 3.05) is 6.54 Å². The van der Waals surface area contributed by atoms with E-state index in [-0.39, 0.29) is 5.82 Å². The van der Waals surface area contributed by atoms with Crippen LogP contribution in [0.3, 0.4) is 0 Å². The van der Waals surface area contributed by atoms with E-state index in [0.29, 0.717) is 18.2 Å². The Kier molecular flexibility index (Phi) is 4.12. The number of ether oxygens (including phenoxy) is 1. The normalized spacial score (nSPS) is 10.5. The highest BCUT2D eigenvalue weighted by Crippen LogP contribution is 2.26. The third-order valence-corrected chi connectivity index (χ3v) is 2.86. The Morgan fingerprint density at radius 2 is 2.00 bits per heavy atom. The molecule has 0 aliphatic heterocycles. The minimum atomic E-state index is -0.271. The van der Waals surface area contributed by atoms with Crippen LogP contribution in [0.2, 0.25) is 0 Å². The van der Waals surface area contributed by atoms with Gasteiger partial charge in [0, 0.05) is 11.8 Å². The maximum atomic E-state index is 13.0. The van der Waals surface area contributed by atoms with Crippen LogP contribution >= 0.6 is 0 Å². The number of nitrogens with zero attached hydrogens (tertiary/aromatic N) is 1. The lowest BCUT2D eigenvalue weighted by molar-refractivity contribution is 0.453. The molecule has 0 bridgehead atoms. The van der Waals surface area contributed by atoms with E-state index in [1.165, 1.54) is 12.1 Å². The molecule has 0 unspecified atom stereocenters. The summed E-state index contributed by atoms with van der Waals surface area (Å²) in [5, 5.41) is 0. The minimum Gasteiger partial charge on any atom is -0.438 e. The van der Waals surface area contributed by atoms with Gasteiger partial charge in [-0.05, 0) is 62.2 Å². The maximum Gasteiger partial charge on any atom is 0.222 e. The second-order valence-corrected chi connectivity index (χ2v) is 4.52. The molecule has 2 rings (SSSR count). The van der Waals surface area contributed by atoms with Crippen LogP contribution < -0.4 is 10.5 Å². The molecular weight excluding hydrogens is 243 g/mol. The third-order valence-electron chi connectivity index (χ3n) is 2.86. The summed E-state index contributed by atoms with van der Waals surface area (Å²) in [6, 6.07) is 6.43. The Hall–Kier alpha value is -1.94. The highest BCUT2D eigenvalue weighted by molar-refractivity contribution is 5.38. The molecule has 4 heteroatoms. The van der Waals surface area contributed by atoms with Crippen LogP contribution in [-0.2, 0) is 6.42 Å². The van der Waals surface area contributed by atoms with E-state index in [1.54, 1.807) is 19.2 Å². The SMILES string of the molecule is Cc1cc(F)ccc1Oc1ncc(CCN)cc1C. The van der Waals surface area contributed by atoms with Gasteiger partial charge in [-0.2, -0.15) is 0 Å². The van der Waals surface area contributed by atoms with Gasteiger partial charge in [0.05, 0.1) is 0 Å². The average molecular weight is 260 g/mol. The Labute approximate surface area is 112 Å². The molecule has 1 aromatic heterocycles. The van der Waals surface area contributed by atoms with Crippen LogP contribution in [0.1, 0.15) is 16.7 Å². The van der Waals surface area contributed by atoms with Gasteiger partial charge in [-0.3, -0.25) is 0 Å². The van der Waals surface area contributed by atoms with Gasteiger partial charge in [0.25, 0.3) is 0 Å². The van der Waals surface area contributed by atoms with Gasteiger partial charge < -0.3 is 10.5 Å². The molecule has 0 aliphatic carbocycles. The maximum absolute atomic E-state index is 13.0. The molecule has 0 fully saturated rings. The first-order valence-electron chi connectivity index (χ1n) is 6.19. The van der Waals surface area contributed by atoms with Crippen LogP contribution in [-0.4, -0.2) is 11.5 Å². The van der Waals surface area contributed by atoms with Gasteiger partial charge in [0.2, 0.25) is 5.88 Å². The zero-order valence-electron chi connectivity index (χ0n) is 11.1. The van der Waals surface area contributed by atoms with Gasteiger partial charge >= 0.3 is 0 Å². The molecule has 2 N–H and O–H groups in total. The summed E-state index contributed by atoms with van der Waals surface area (Å²) < 4.78 is 18.7. The summed E-state index contributed by atoms with van der Waals surface area (Å²) in [4.78, 5) is 4.28. The van der Waals surface area contributed by atoms with E-state index < -0.39 is 0 Å². The third kappa shape index (κ3) is 3.29. The van der Waals surface area contributed by atoms with E-state index in [9.17, 15) is 4.39 Å². The molecule has 1 heterocycles. The molecule has 19 heavy (non-hydrogen) atoms. The van der Waals surface area contributed by atoms with Crippen molar-refractivity contribution in [3.63, 3.8) is 0 Å². The van der Waals surface area contributed by atoms with Gasteiger partial charge in [0.15, 0.2) is 0 Å². The fourth-order valence-electron chi connectivity index (χ4n) is 1.86. The number of aryl methyl sites for hydroxylation is 2. The molecule has 100 valence electrons. The number of rotatable bonds is 4. The summed E-state index contributed by atoms with van der Waals surface area (Å²) in [5.41, 5.74) is 8.28. The number of hydrogen-bond donors (Lipinski definition) is 1. The first-order chi connectivity index (χ1) is 9.10. The lowest BCUT2D eigenvalue weighted by Gasteiger charge is -2.11. The monoisotopic (exact) mass is 260 g/mol. The van der Waals surface area contributed by atoms with Crippen molar-refractivity contribution in [2.45, 2.75) is 20.3 Å². The van der Waals surface area contributed by atoms with Crippen molar-refractivity contribution in [2.24, 2.45) is 5.73 Å². The fraction of sp³-hybridized carbons (Fsp3) is 0.267. The fourth-order valence-corrected chi connectivity index (χ4v) is 1.86. The van der Waals surface area contributed by atoms with Crippen molar-refractivity contribution in [3.8, 4) is 11.6 Å². The molecule has 0 aliphatic rings. The van der Waals surface area contributed by atoms with Crippen molar-refractivity contribution in [3.05, 3.63) is 53.0 Å². The molecule has 1 aromatic carbocycles. The van der Waals surface area contributed by atoms with Gasteiger partial charge in [0.1, 0.15) is 11.6 Å². The van der Waals surface area contributed by atoms with E-state index >= 15 is 0 Å². The predicted octanol–water partition coefficient (Wildman–Crippen LogP) is 3.13.